The van der Waals surface area contributed by atoms with E-state index in [0.717, 1.165) is 11.1 Å². The lowest BCUT2D eigenvalue weighted by molar-refractivity contribution is -0.127. The van der Waals surface area contributed by atoms with Crippen LogP contribution in [0.5, 0.6) is 5.75 Å². The third-order valence-electron chi connectivity index (χ3n) is 3.72. The van der Waals surface area contributed by atoms with Gasteiger partial charge in [0.15, 0.2) is 6.10 Å². The van der Waals surface area contributed by atoms with Crippen molar-refractivity contribution in [2.24, 2.45) is 0 Å². The quantitative estimate of drug-likeness (QED) is 0.759. The maximum Gasteiger partial charge on any atom is 0.261 e. The molecule has 2 aromatic rings. The summed E-state index contributed by atoms with van der Waals surface area (Å²) in [5, 5.41) is 2.76. The van der Waals surface area contributed by atoms with E-state index >= 15 is 0 Å². The van der Waals surface area contributed by atoms with Gasteiger partial charge in [-0.1, -0.05) is 6.07 Å². The van der Waals surface area contributed by atoms with E-state index in [1.807, 2.05) is 33.8 Å². The van der Waals surface area contributed by atoms with Crippen LogP contribution in [0.25, 0.3) is 0 Å². The van der Waals surface area contributed by atoms with Gasteiger partial charge in [0.05, 0.1) is 4.90 Å². The number of sulfonamides is 1. The van der Waals surface area contributed by atoms with Crippen LogP contribution in [-0.2, 0) is 14.8 Å². The Morgan fingerprint density at radius 1 is 0.963 bits per heavy atom. The van der Waals surface area contributed by atoms with Gasteiger partial charge in [-0.05, 0) is 82.1 Å². The van der Waals surface area contributed by atoms with Crippen LogP contribution in [0.15, 0.2) is 47.4 Å². The molecule has 7 heteroatoms. The van der Waals surface area contributed by atoms with Crippen LogP contribution in [0, 0.1) is 13.8 Å². The van der Waals surface area contributed by atoms with Crippen molar-refractivity contribution >= 4 is 21.6 Å². The van der Waals surface area contributed by atoms with Crippen molar-refractivity contribution in [1.29, 1.82) is 0 Å². The second-order valence-electron chi connectivity index (χ2n) is 6.88. The van der Waals surface area contributed by atoms with Gasteiger partial charge < -0.3 is 10.1 Å². The summed E-state index contributed by atoms with van der Waals surface area (Å²) >= 11 is 0. The molecule has 1 atom stereocenters. The number of aryl methyl sites for hydroxylation is 2. The molecule has 0 aromatic heterocycles. The highest BCUT2D eigenvalue weighted by atomic mass is 32.2. The molecule has 0 saturated carbocycles. The third-order valence-corrected chi connectivity index (χ3v) is 5.12. The van der Waals surface area contributed by atoms with Crippen LogP contribution in [0.4, 0.5) is 5.69 Å². The molecule has 0 saturated heterocycles. The Kier molecular flexibility index (Phi) is 6.49. The Morgan fingerprint density at radius 2 is 1.52 bits per heavy atom. The minimum atomic E-state index is -3.71. The molecule has 0 aliphatic carbocycles. The van der Waals surface area contributed by atoms with Gasteiger partial charge in [-0.3, -0.25) is 9.52 Å². The first-order valence-corrected chi connectivity index (χ1v) is 10.2. The molecule has 0 aliphatic rings. The minimum absolute atomic E-state index is 0.0207. The van der Waals surface area contributed by atoms with Crippen LogP contribution in [0.2, 0.25) is 0 Å². The van der Waals surface area contributed by atoms with E-state index < -0.39 is 16.1 Å². The second-order valence-corrected chi connectivity index (χ2v) is 8.56. The first-order chi connectivity index (χ1) is 12.6. The van der Waals surface area contributed by atoms with Gasteiger partial charge in [-0.15, -0.1) is 0 Å². The van der Waals surface area contributed by atoms with Crippen molar-refractivity contribution in [2.45, 2.75) is 51.7 Å². The van der Waals surface area contributed by atoms with E-state index in [1.165, 1.54) is 24.3 Å². The standard InChI is InChI=1S/C20H26N2O4S/c1-13(2)21-20(23)16(5)26-18-6-8-19(9-7-18)27(24,25)22-17-11-14(3)10-15(4)12-17/h6-13,16,22H,1-5H3,(H,21,23)/t16-/m0/s1. The highest BCUT2D eigenvalue weighted by Crippen LogP contribution is 2.21. The number of ether oxygens (including phenoxy) is 1. The van der Waals surface area contributed by atoms with E-state index in [0.29, 0.717) is 11.4 Å². The first-order valence-electron chi connectivity index (χ1n) is 8.75. The molecule has 0 aliphatic heterocycles. The zero-order valence-corrected chi connectivity index (χ0v) is 17.1. The van der Waals surface area contributed by atoms with Gasteiger partial charge in [-0.2, -0.15) is 0 Å². The number of rotatable bonds is 7. The Balaban J connectivity index is 2.10. The summed E-state index contributed by atoms with van der Waals surface area (Å²) in [6.45, 7) is 9.20. The maximum atomic E-state index is 12.6. The molecular weight excluding hydrogens is 364 g/mol. The number of nitrogens with one attached hydrogen (secondary N) is 2. The molecule has 0 fully saturated rings. The number of hydrogen-bond acceptors (Lipinski definition) is 4. The van der Waals surface area contributed by atoms with Crippen LogP contribution in [0.1, 0.15) is 31.9 Å². The fourth-order valence-corrected chi connectivity index (χ4v) is 3.64. The molecule has 2 rings (SSSR count). The smallest absolute Gasteiger partial charge is 0.261 e. The van der Waals surface area contributed by atoms with E-state index in [2.05, 4.69) is 10.0 Å². The molecule has 0 bridgehead atoms. The number of benzene rings is 2. The lowest BCUT2D eigenvalue weighted by Crippen LogP contribution is -2.40. The predicted molar refractivity (Wildman–Crippen MR) is 107 cm³/mol. The molecule has 0 radical (unpaired) electrons. The van der Waals surface area contributed by atoms with Gasteiger partial charge >= 0.3 is 0 Å². The van der Waals surface area contributed by atoms with Gasteiger partial charge in [0.2, 0.25) is 0 Å². The van der Waals surface area contributed by atoms with Gasteiger partial charge in [0, 0.05) is 11.7 Å². The van der Waals surface area contributed by atoms with Crippen molar-refractivity contribution in [3.05, 3.63) is 53.6 Å². The average Bonchev–Trinajstić information content (AvgIpc) is 2.53. The Labute approximate surface area is 161 Å². The highest BCUT2D eigenvalue weighted by Gasteiger charge is 2.17. The van der Waals surface area contributed by atoms with Gasteiger partial charge in [0.1, 0.15) is 5.75 Å². The van der Waals surface area contributed by atoms with Crippen LogP contribution in [0.3, 0.4) is 0 Å². The molecule has 0 heterocycles. The second kappa shape index (κ2) is 8.43. The summed E-state index contributed by atoms with van der Waals surface area (Å²) in [4.78, 5) is 12.0. The monoisotopic (exact) mass is 390 g/mol. The molecule has 27 heavy (non-hydrogen) atoms. The summed E-state index contributed by atoms with van der Waals surface area (Å²) < 4.78 is 33.3. The highest BCUT2D eigenvalue weighted by molar-refractivity contribution is 7.92. The van der Waals surface area contributed by atoms with E-state index in [-0.39, 0.29) is 16.8 Å². The van der Waals surface area contributed by atoms with Crippen molar-refractivity contribution in [1.82, 2.24) is 5.32 Å². The fourth-order valence-electron chi connectivity index (χ4n) is 2.60. The summed E-state index contributed by atoms with van der Waals surface area (Å²) in [5.74, 6) is 0.199. The molecule has 1 amide bonds. The number of carbonyl (C=O) groups is 1. The average molecular weight is 391 g/mol. The fraction of sp³-hybridized carbons (Fsp3) is 0.350. The normalized spacial score (nSPS) is 12.5. The van der Waals surface area contributed by atoms with Crippen molar-refractivity contribution in [3.63, 3.8) is 0 Å². The van der Waals surface area contributed by atoms with E-state index in [4.69, 9.17) is 4.74 Å². The van der Waals surface area contributed by atoms with Crippen molar-refractivity contribution in [3.8, 4) is 5.75 Å². The van der Waals surface area contributed by atoms with Gasteiger partial charge in [0.25, 0.3) is 15.9 Å². The molecule has 0 unspecified atom stereocenters. The number of amides is 1. The summed E-state index contributed by atoms with van der Waals surface area (Å²) in [5.41, 5.74) is 2.47. The Morgan fingerprint density at radius 3 is 2.04 bits per heavy atom. The molecule has 0 spiro atoms. The third kappa shape index (κ3) is 5.99. The van der Waals surface area contributed by atoms with Crippen molar-refractivity contribution in [2.75, 3.05) is 4.72 Å². The van der Waals surface area contributed by atoms with Crippen LogP contribution < -0.4 is 14.8 Å². The predicted octanol–water partition coefficient (Wildman–Crippen LogP) is 3.40. The number of anilines is 1. The van der Waals surface area contributed by atoms with Crippen LogP contribution >= 0.6 is 0 Å². The van der Waals surface area contributed by atoms with Crippen molar-refractivity contribution < 1.29 is 17.9 Å². The lowest BCUT2D eigenvalue weighted by Gasteiger charge is -2.16. The lowest BCUT2D eigenvalue weighted by atomic mass is 10.1. The first kappa shape index (κ1) is 20.8. The minimum Gasteiger partial charge on any atom is -0.481 e. The summed E-state index contributed by atoms with van der Waals surface area (Å²) in [7, 11) is -3.71. The summed E-state index contributed by atoms with van der Waals surface area (Å²) in [6.07, 6.45) is -0.678. The molecule has 2 aromatic carbocycles. The number of carbonyl (C=O) groups excluding carboxylic acids is 1. The molecule has 146 valence electrons. The van der Waals surface area contributed by atoms with E-state index in [9.17, 15) is 13.2 Å². The SMILES string of the molecule is Cc1cc(C)cc(NS(=O)(=O)c2ccc(O[C@@H](C)C(=O)NC(C)C)cc2)c1. The number of hydrogen-bond donors (Lipinski definition) is 2. The van der Waals surface area contributed by atoms with Crippen LogP contribution in [-0.4, -0.2) is 26.5 Å². The largest absolute Gasteiger partial charge is 0.481 e. The zero-order valence-electron chi connectivity index (χ0n) is 16.2. The Bertz CT molecular complexity index is 886. The zero-order chi connectivity index (χ0) is 20.2. The Hall–Kier alpha value is -2.54. The van der Waals surface area contributed by atoms with Gasteiger partial charge in [-0.25, -0.2) is 8.42 Å². The summed E-state index contributed by atoms with van der Waals surface area (Å²) in [6, 6.07) is 11.5. The molecular formula is C20H26N2O4S. The topological polar surface area (TPSA) is 84.5 Å². The molecule has 2 N–H and O–H groups in total. The maximum absolute atomic E-state index is 12.6. The van der Waals surface area contributed by atoms with E-state index in [1.54, 1.807) is 19.1 Å². The molecule has 6 nitrogen and oxygen atoms in total.